The number of aliphatic carboxylic acids is 3. The molecule has 29 heavy (non-hydrogen) atoms. The first kappa shape index (κ1) is 25.7. The normalized spacial score (nSPS) is 15.7. The number of aliphatic hydroxyl groups is 1. The number of carbonyl (C=O) groups excluding carboxylic acids is 3. The van der Waals surface area contributed by atoms with Gasteiger partial charge in [-0.3, -0.25) is 24.0 Å². The summed E-state index contributed by atoms with van der Waals surface area (Å²) < 4.78 is 0. The Morgan fingerprint density at radius 3 is 1.72 bits per heavy atom. The second kappa shape index (κ2) is 11.6. The molecule has 0 rings (SSSR count). The average molecular weight is 420 g/mol. The van der Waals surface area contributed by atoms with Gasteiger partial charge >= 0.3 is 17.9 Å². The predicted molar refractivity (Wildman–Crippen MR) is 93.3 cm³/mol. The third-order valence-electron chi connectivity index (χ3n) is 3.54. The third kappa shape index (κ3) is 9.48. The van der Waals surface area contributed by atoms with E-state index in [2.05, 4.69) is 10.6 Å². The number of rotatable bonds is 12. The van der Waals surface area contributed by atoms with Gasteiger partial charge in [0.2, 0.25) is 17.7 Å². The molecule has 0 aromatic carbocycles. The highest BCUT2D eigenvalue weighted by Gasteiger charge is 2.31. The Kier molecular flexibility index (Phi) is 10.3. The minimum atomic E-state index is -1.74. The van der Waals surface area contributed by atoms with Crippen LogP contribution in [0.15, 0.2) is 0 Å². The van der Waals surface area contributed by atoms with Crippen LogP contribution in [-0.2, 0) is 28.8 Å². The van der Waals surface area contributed by atoms with E-state index in [1.807, 2.05) is 5.32 Å². The first-order valence-corrected chi connectivity index (χ1v) is 8.27. The number of nitrogens with one attached hydrogen (secondary N) is 3. The Hall–Kier alpha value is -3.26. The van der Waals surface area contributed by atoms with Crippen molar-refractivity contribution in [2.45, 2.75) is 57.0 Å². The molecule has 14 nitrogen and oxygen atoms in total. The van der Waals surface area contributed by atoms with Crippen LogP contribution in [0.5, 0.6) is 0 Å². The highest BCUT2D eigenvalue weighted by Crippen LogP contribution is 1.99. The van der Waals surface area contributed by atoms with E-state index >= 15 is 0 Å². The summed E-state index contributed by atoms with van der Waals surface area (Å²) in [6.07, 6.45) is -3.07. The smallest absolute Gasteiger partial charge is 0.326 e. The lowest BCUT2D eigenvalue weighted by Gasteiger charge is -2.24. The molecular weight excluding hydrogens is 396 g/mol. The summed E-state index contributed by atoms with van der Waals surface area (Å²) in [4.78, 5) is 68.3. The fraction of sp³-hybridized carbons (Fsp3) is 0.600. The van der Waals surface area contributed by atoms with Crippen LogP contribution in [0.3, 0.4) is 0 Å². The fourth-order valence-corrected chi connectivity index (χ4v) is 1.99. The van der Waals surface area contributed by atoms with Crippen molar-refractivity contribution in [1.29, 1.82) is 0 Å². The summed E-state index contributed by atoms with van der Waals surface area (Å²) in [5.74, 6) is -7.51. The van der Waals surface area contributed by atoms with Crippen LogP contribution in [0.25, 0.3) is 0 Å². The van der Waals surface area contributed by atoms with Crippen LogP contribution in [0, 0.1) is 0 Å². The van der Waals surface area contributed by atoms with Gasteiger partial charge in [-0.25, -0.2) is 4.79 Å². The Bertz CT molecular complexity index is 665. The molecule has 0 aromatic rings. The van der Waals surface area contributed by atoms with Crippen LogP contribution in [0.1, 0.15) is 26.7 Å². The van der Waals surface area contributed by atoms with Gasteiger partial charge in [0.15, 0.2) is 0 Å². The topological polar surface area (TPSA) is 245 Å². The molecule has 3 amide bonds. The molecule has 0 aliphatic heterocycles. The number of carbonyl (C=O) groups is 6. The van der Waals surface area contributed by atoms with Gasteiger partial charge in [0, 0.05) is 0 Å². The molecule has 0 aliphatic carbocycles. The molecule has 0 saturated carbocycles. The quantitative estimate of drug-likeness (QED) is 0.152. The fourth-order valence-electron chi connectivity index (χ4n) is 1.99. The summed E-state index contributed by atoms with van der Waals surface area (Å²) in [7, 11) is 0. The van der Waals surface area contributed by atoms with Crippen LogP contribution < -0.4 is 21.7 Å². The molecule has 5 unspecified atom stereocenters. The number of nitrogens with two attached hydrogens (primary N) is 1. The maximum atomic E-state index is 12.2. The Balaban J connectivity index is 5.02. The molecule has 0 bridgehead atoms. The second-order valence-electron chi connectivity index (χ2n) is 6.16. The van der Waals surface area contributed by atoms with Crippen molar-refractivity contribution in [3.05, 3.63) is 0 Å². The lowest BCUT2D eigenvalue weighted by atomic mass is 10.1. The number of hydrogen-bond donors (Lipinski definition) is 8. The molecule has 14 heteroatoms. The van der Waals surface area contributed by atoms with Gasteiger partial charge in [-0.1, -0.05) is 0 Å². The Labute approximate surface area is 164 Å². The maximum Gasteiger partial charge on any atom is 0.326 e. The Morgan fingerprint density at radius 2 is 1.31 bits per heavy atom. The van der Waals surface area contributed by atoms with Gasteiger partial charge in [-0.05, 0) is 13.8 Å². The van der Waals surface area contributed by atoms with Gasteiger partial charge in [0.1, 0.15) is 18.1 Å². The molecule has 0 saturated heterocycles. The van der Waals surface area contributed by atoms with E-state index in [0.29, 0.717) is 0 Å². The zero-order chi connectivity index (χ0) is 22.9. The molecule has 0 aliphatic rings. The molecule has 164 valence electrons. The lowest BCUT2D eigenvalue weighted by Crippen LogP contribution is -2.59. The molecular formula is C15H24N4O10. The van der Waals surface area contributed by atoms with Gasteiger partial charge in [-0.15, -0.1) is 0 Å². The van der Waals surface area contributed by atoms with Crippen molar-refractivity contribution < 1.29 is 49.2 Å². The van der Waals surface area contributed by atoms with E-state index in [4.69, 9.17) is 21.1 Å². The van der Waals surface area contributed by atoms with Gasteiger partial charge in [0.05, 0.1) is 25.0 Å². The van der Waals surface area contributed by atoms with Crippen molar-refractivity contribution in [3.8, 4) is 0 Å². The monoisotopic (exact) mass is 420 g/mol. The van der Waals surface area contributed by atoms with Gasteiger partial charge in [-0.2, -0.15) is 0 Å². The van der Waals surface area contributed by atoms with Crippen molar-refractivity contribution in [3.63, 3.8) is 0 Å². The maximum absolute atomic E-state index is 12.2. The minimum absolute atomic E-state index is 0.723. The number of carboxylic acid groups (broad SMARTS) is 3. The predicted octanol–water partition coefficient (Wildman–Crippen LogP) is -3.80. The Morgan fingerprint density at radius 1 is 0.793 bits per heavy atom. The molecule has 0 spiro atoms. The van der Waals surface area contributed by atoms with Crippen LogP contribution in [-0.4, -0.2) is 86.3 Å². The number of hydrogen-bond acceptors (Lipinski definition) is 8. The average Bonchev–Trinajstić information content (AvgIpc) is 2.56. The molecule has 0 aromatic heterocycles. The summed E-state index contributed by atoms with van der Waals surface area (Å²) in [5, 5.41) is 42.0. The SMILES string of the molecule is CC(NC(=O)C(NC(=O)C(N)CC(=O)O)C(C)O)C(=O)NC(CC(=O)O)C(=O)O. The van der Waals surface area contributed by atoms with Crippen LogP contribution in [0.2, 0.25) is 0 Å². The largest absolute Gasteiger partial charge is 0.481 e. The number of aliphatic hydroxyl groups excluding tert-OH is 1. The highest BCUT2D eigenvalue weighted by atomic mass is 16.4. The van der Waals surface area contributed by atoms with E-state index in [0.717, 1.165) is 13.8 Å². The van der Waals surface area contributed by atoms with E-state index in [1.54, 1.807) is 0 Å². The molecule has 5 atom stereocenters. The van der Waals surface area contributed by atoms with Crippen molar-refractivity contribution in [2.24, 2.45) is 5.73 Å². The van der Waals surface area contributed by atoms with Crippen LogP contribution >= 0.6 is 0 Å². The highest BCUT2D eigenvalue weighted by molar-refractivity contribution is 5.95. The summed E-state index contributed by atoms with van der Waals surface area (Å²) in [6.45, 7) is 2.30. The summed E-state index contributed by atoms with van der Waals surface area (Å²) >= 11 is 0. The van der Waals surface area contributed by atoms with Crippen molar-refractivity contribution >= 4 is 35.6 Å². The van der Waals surface area contributed by atoms with Gasteiger partial charge in [0.25, 0.3) is 0 Å². The zero-order valence-corrected chi connectivity index (χ0v) is 15.6. The van der Waals surface area contributed by atoms with E-state index < -0.39 is 78.7 Å². The molecule has 0 heterocycles. The van der Waals surface area contributed by atoms with Crippen molar-refractivity contribution in [1.82, 2.24) is 16.0 Å². The van der Waals surface area contributed by atoms with Crippen LogP contribution in [0.4, 0.5) is 0 Å². The standard InChI is InChI=1S/C15H24N4O10/c1-5(12(25)18-8(15(28)29)4-10(23)24)17-14(27)11(6(2)20)19-13(26)7(16)3-9(21)22/h5-8,11,20H,3-4,16H2,1-2H3,(H,17,27)(H,18,25)(H,19,26)(H,21,22)(H,23,24)(H,28,29). The molecule has 0 fully saturated rings. The number of carboxylic acids is 3. The molecule has 9 N–H and O–H groups in total. The zero-order valence-electron chi connectivity index (χ0n) is 15.6. The van der Waals surface area contributed by atoms with E-state index in [-0.39, 0.29) is 0 Å². The van der Waals surface area contributed by atoms with Gasteiger partial charge < -0.3 is 42.1 Å². The summed E-state index contributed by atoms with van der Waals surface area (Å²) in [6, 6.07) is -6.17. The first-order chi connectivity index (χ1) is 13.3. The molecule has 0 radical (unpaired) electrons. The lowest BCUT2D eigenvalue weighted by molar-refractivity contribution is -0.147. The number of amides is 3. The third-order valence-corrected chi connectivity index (χ3v) is 3.54. The summed E-state index contributed by atoms with van der Waals surface area (Å²) in [5.41, 5.74) is 5.37. The van der Waals surface area contributed by atoms with Crippen molar-refractivity contribution in [2.75, 3.05) is 0 Å². The van der Waals surface area contributed by atoms with E-state index in [9.17, 15) is 33.9 Å². The minimum Gasteiger partial charge on any atom is -0.481 e. The van der Waals surface area contributed by atoms with E-state index in [1.165, 1.54) is 0 Å². The first-order valence-electron chi connectivity index (χ1n) is 8.27. The second-order valence-corrected chi connectivity index (χ2v) is 6.16.